The Labute approximate surface area is 99.9 Å². The first kappa shape index (κ1) is 12.0. The third kappa shape index (κ3) is 2.31. The Morgan fingerprint density at radius 2 is 2.06 bits per heavy atom. The second-order valence-electron chi connectivity index (χ2n) is 4.54. The molecular formula is C11H17N3O3. The lowest BCUT2D eigenvalue weighted by molar-refractivity contribution is -0.142. The molecule has 0 aliphatic carbocycles. The normalized spacial score (nSPS) is 25.2. The van der Waals surface area contributed by atoms with E-state index in [1.54, 1.807) is 0 Å². The summed E-state index contributed by atoms with van der Waals surface area (Å²) < 4.78 is 0. The molecule has 17 heavy (non-hydrogen) atoms. The highest BCUT2D eigenvalue weighted by molar-refractivity contribution is 6.44. The zero-order valence-electron chi connectivity index (χ0n) is 9.94. The van der Waals surface area contributed by atoms with Crippen molar-refractivity contribution in [1.29, 1.82) is 0 Å². The molecule has 1 atom stereocenters. The molecule has 0 saturated carbocycles. The van der Waals surface area contributed by atoms with Gasteiger partial charge in [0.2, 0.25) is 0 Å². The topological polar surface area (TPSA) is 69.7 Å². The molecule has 0 aromatic rings. The molecule has 1 N–H and O–H groups in total. The van der Waals surface area contributed by atoms with Gasteiger partial charge in [-0.05, 0) is 32.2 Å². The Bertz CT molecular complexity index is 350. The molecule has 0 aromatic carbocycles. The molecule has 2 aliphatic heterocycles. The molecule has 0 bridgehead atoms. The number of amides is 4. The highest BCUT2D eigenvalue weighted by Gasteiger charge is 2.41. The van der Waals surface area contributed by atoms with Crippen LogP contribution >= 0.6 is 0 Å². The summed E-state index contributed by atoms with van der Waals surface area (Å²) in [6.07, 6.45) is 4.03. The van der Waals surface area contributed by atoms with Gasteiger partial charge in [-0.1, -0.05) is 0 Å². The molecule has 2 rings (SSSR count). The second-order valence-corrected chi connectivity index (χ2v) is 4.54. The van der Waals surface area contributed by atoms with Crippen LogP contribution in [0.3, 0.4) is 0 Å². The van der Waals surface area contributed by atoms with E-state index in [0.717, 1.165) is 35.6 Å². The molecule has 2 heterocycles. The van der Waals surface area contributed by atoms with Gasteiger partial charge >= 0.3 is 17.8 Å². The number of hydrogen-bond acceptors (Lipinski definition) is 4. The minimum absolute atomic E-state index is 0.339. The van der Waals surface area contributed by atoms with Crippen LogP contribution in [-0.2, 0) is 9.59 Å². The largest absolute Gasteiger partial charge is 0.333 e. The summed E-state index contributed by atoms with van der Waals surface area (Å²) in [6.45, 7) is 1.39. The highest BCUT2D eigenvalue weighted by Crippen LogP contribution is 2.14. The summed E-state index contributed by atoms with van der Waals surface area (Å²) in [5.74, 6) is -1.43. The molecule has 2 aliphatic rings. The maximum absolute atomic E-state index is 11.5. The molecule has 1 unspecified atom stereocenters. The lowest BCUT2D eigenvalue weighted by Crippen LogP contribution is -2.33. The number of nitrogens with zero attached hydrogens (tertiary/aromatic N) is 2. The van der Waals surface area contributed by atoms with Crippen molar-refractivity contribution in [2.45, 2.75) is 31.7 Å². The summed E-state index contributed by atoms with van der Waals surface area (Å²) in [6, 6.07) is -0.00406. The zero-order valence-corrected chi connectivity index (χ0v) is 9.94. The average molecular weight is 239 g/mol. The molecule has 0 radical (unpaired) electrons. The summed E-state index contributed by atoms with van der Waals surface area (Å²) in [4.78, 5) is 36.2. The quantitative estimate of drug-likeness (QED) is 0.551. The molecule has 6 heteroatoms. The van der Waals surface area contributed by atoms with E-state index in [0.29, 0.717) is 12.6 Å². The van der Waals surface area contributed by atoms with E-state index < -0.39 is 17.8 Å². The fourth-order valence-corrected chi connectivity index (χ4v) is 2.31. The SMILES string of the molecule is CN1C(=O)C(=O)N(CCCC2CCCN2)C1=O. The Balaban J connectivity index is 1.80. The minimum Gasteiger partial charge on any atom is -0.314 e. The monoisotopic (exact) mass is 239 g/mol. The van der Waals surface area contributed by atoms with Crippen LogP contribution < -0.4 is 5.32 Å². The smallest absolute Gasteiger partial charge is 0.314 e. The summed E-state index contributed by atoms with van der Waals surface area (Å²) >= 11 is 0. The third-order valence-electron chi connectivity index (χ3n) is 3.35. The molecule has 94 valence electrons. The van der Waals surface area contributed by atoms with Gasteiger partial charge < -0.3 is 5.32 Å². The van der Waals surface area contributed by atoms with Gasteiger partial charge in [0, 0.05) is 19.6 Å². The fraction of sp³-hybridized carbons (Fsp3) is 0.727. The van der Waals surface area contributed by atoms with Crippen molar-refractivity contribution in [2.75, 3.05) is 20.1 Å². The maximum atomic E-state index is 11.5. The van der Waals surface area contributed by atoms with Crippen molar-refractivity contribution in [3.63, 3.8) is 0 Å². The Kier molecular flexibility index (Phi) is 3.42. The molecule has 0 aromatic heterocycles. The first-order valence-electron chi connectivity index (χ1n) is 5.98. The Hall–Kier alpha value is -1.43. The van der Waals surface area contributed by atoms with Crippen molar-refractivity contribution in [3.8, 4) is 0 Å². The van der Waals surface area contributed by atoms with Crippen molar-refractivity contribution in [1.82, 2.24) is 15.1 Å². The molecule has 2 fully saturated rings. The predicted molar refractivity (Wildman–Crippen MR) is 60.1 cm³/mol. The van der Waals surface area contributed by atoms with Crippen molar-refractivity contribution < 1.29 is 14.4 Å². The fourth-order valence-electron chi connectivity index (χ4n) is 2.31. The van der Waals surface area contributed by atoms with E-state index in [-0.39, 0.29) is 0 Å². The molecule has 6 nitrogen and oxygen atoms in total. The Morgan fingerprint density at radius 3 is 2.59 bits per heavy atom. The number of carbonyl (C=O) groups is 3. The van der Waals surface area contributed by atoms with Crippen molar-refractivity contribution >= 4 is 17.8 Å². The second kappa shape index (κ2) is 4.83. The minimum atomic E-state index is -0.728. The van der Waals surface area contributed by atoms with Crippen LogP contribution in [0.15, 0.2) is 0 Å². The van der Waals surface area contributed by atoms with Gasteiger partial charge in [0.25, 0.3) is 0 Å². The first-order valence-corrected chi connectivity index (χ1v) is 5.98. The number of carbonyl (C=O) groups excluding carboxylic acids is 3. The van der Waals surface area contributed by atoms with E-state index in [1.807, 2.05) is 0 Å². The van der Waals surface area contributed by atoms with E-state index in [4.69, 9.17) is 0 Å². The summed E-state index contributed by atoms with van der Waals surface area (Å²) in [7, 11) is 1.33. The van der Waals surface area contributed by atoms with Gasteiger partial charge in [-0.15, -0.1) is 0 Å². The highest BCUT2D eigenvalue weighted by atomic mass is 16.2. The van der Waals surface area contributed by atoms with Crippen LogP contribution in [0.5, 0.6) is 0 Å². The molecule has 4 amide bonds. The number of rotatable bonds is 4. The molecule has 2 saturated heterocycles. The predicted octanol–water partition coefficient (Wildman–Crippen LogP) is -0.0608. The molecule has 0 spiro atoms. The summed E-state index contributed by atoms with van der Waals surface area (Å²) in [5.41, 5.74) is 0. The average Bonchev–Trinajstić information content (AvgIpc) is 2.89. The Morgan fingerprint density at radius 1 is 1.29 bits per heavy atom. The van der Waals surface area contributed by atoms with Crippen LogP contribution in [0.2, 0.25) is 0 Å². The van der Waals surface area contributed by atoms with Crippen LogP contribution in [0.1, 0.15) is 25.7 Å². The number of urea groups is 1. The zero-order chi connectivity index (χ0) is 12.4. The molecular weight excluding hydrogens is 222 g/mol. The lowest BCUT2D eigenvalue weighted by Gasteiger charge is -2.14. The third-order valence-corrected chi connectivity index (χ3v) is 3.35. The van der Waals surface area contributed by atoms with Gasteiger partial charge in [-0.25, -0.2) is 4.79 Å². The van der Waals surface area contributed by atoms with Gasteiger partial charge in [0.05, 0.1) is 0 Å². The van der Waals surface area contributed by atoms with E-state index in [9.17, 15) is 14.4 Å². The first-order chi connectivity index (χ1) is 8.11. The van der Waals surface area contributed by atoms with E-state index >= 15 is 0 Å². The van der Waals surface area contributed by atoms with Crippen molar-refractivity contribution in [2.24, 2.45) is 0 Å². The van der Waals surface area contributed by atoms with Gasteiger partial charge in [0.1, 0.15) is 0 Å². The lowest BCUT2D eigenvalue weighted by atomic mass is 10.1. The van der Waals surface area contributed by atoms with Gasteiger partial charge in [-0.3, -0.25) is 19.4 Å². The summed E-state index contributed by atoms with van der Waals surface area (Å²) in [5, 5.41) is 3.36. The van der Waals surface area contributed by atoms with Crippen LogP contribution in [-0.4, -0.2) is 53.8 Å². The van der Waals surface area contributed by atoms with Crippen LogP contribution in [0, 0.1) is 0 Å². The van der Waals surface area contributed by atoms with E-state index in [2.05, 4.69) is 5.32 Å². The van der Waals surface area contributed by atoms with Crippen LogP contribution in [0.4, 0.5) is 4.79 Å². The standard InChI is InChI=1S/C11H17N3O3/c1-13-9(15)10(16)14(11(13)17)7-3-5-8-4-2-6-12-8/h8,12H,2-7H2,1H3. The van der Waals surface area contributed by atoms with Gasteiger partial charge in [0.15, 0.2) is 0 Å². The number of nitrogens with one attached hydrogen (secondary N) is 1. The number of hydrogen-bond donors (Lipinski definition) is 1. The van der Waals surface area contributed by atoms with Gasteiger partial charge in [-0.2, -0.15) is 0 Å². The van der Waals surface area contributed by atoms with Crippen molar-refractivity contribution in [3.05, 3.63) is 0 Å². The maximum Gasteiger partial charge on any atom is 0.333 e. The van der Waals surface area contributed by atoms with Crippen LogP contribution in [0.25, 0.3) is 0 Å². The van der Waals surface area contributed by atoms with E-state index in [1.165, 1.54) is 13.5 Å². The number of likely N-dealkylation sites (N-methyl/N-ethyl adjacent to an activating group) is 1. The number of imide groups is 2.